The fourth-order valence-corrected chi connectivity index (χ4v) is 2.89. The molecule has 0 saturated carbocycles. The van der Waals surface area contributed by atoms with Crippen molar-refractivity contribution in [3.05, 3.63) is 21.9 Å². The molecule has 2 unspecified atom stereocenters. The molecule has 2 N–H and O–H groups in total. The van der Waals surface area contributed by atoms with Crippen molar-refractivity contribution in [2.75, 3.05) is 19.7 Å². The van der Waals surface area contributed by atoms with E-state index in [4.69, 9.17) is 4.74 Å². The smallest absolute Gasteiger partial charge is 0.223 e. The average Bonchev–Trinajstić information content (AvgIpc) is 2.77. The van der Waals surface area contributed by atoms with Crippen LogP contribution in [0.5, 0.6) is 0 Å². The number of carbonyl (C=O) groups excluding carboxylic acids is 1. The van der Waals surface area contributed by atoms with Crippen LogP contribution in [0.3, 0.4) is 0 Å². The second-order valence-corrected chi connectivity index (χ2v) is 5.96. The number of thiophene rings is 1. The minimum atomic E-state index is 0.0102. The number of morpholine rings is 1. The van der Waals surface area contributed by atoms with Crippen LogP contribution in [0.25, 0.3) is 0 Å². The van der Waals surface area contributed by atoms with Crippen molar-refractivity contribution < 1.29 is 9.53 Å². The molecular weight excluding hydrogens is 248 g/mol. The first-order chi connectivity index (χ1) is 8.65. The Labute approximate surface area is 112 Å². The van der Waals surface area contributed by atoms with Crippen molar-refractivity contribution >= 4 is 17.2 Å². The fourth-order valence-electron chi connectivity index (χ4n) is 2.02. The minimum Gasteiger partial charge on any atom is -0.375 e. The van der Waals surface area contributed by atoms with E-state index in [1.54, 1.807) is 11.3 Å². The second kappa shape index (κ2) is 6.31. The molecule has 2 rings (SSSR count). The first-order valence-electron chi connectivity index (χ1n) is 6.33. The molecule has 5 heteroatoms. The molecule has 1 saturated heterocycles. The summed E-state index contributed by atoms with van der Waals surface area (Å²) in [7, 11) is 0. The molecule has 0 radical (unpaired) electrons. The molecule has 1 aliphatic heterocycles. The number of nitrogens with one attached hydrogen (secondary N) is 2. The number of hydrogen-bond acceptors (Lipinski definition) is 4. The number of rotatable bonds is 4. The SMILES string of the molecule is Cc1ccc(C(C)NC(=O)CC2CNCCO2)s1. The van der Waals surface area contributed by atoms with Crippen LogP contribution < -0.4 is 10.6 Å². The molecule has 0 aromatic carbocycles. The minimum absolute atomic E-state index is 0.0102. The lowest BCUT2D eigenvalue weighted by atomic mass is 10.2. The van der Waals surface area contributed by atoms with Gasteiger partial charge in [0.15, 0.2) is 0 Å². The predicted molar refractivity (Wildman–Crippen MR) is 72.8 cm³/mol. The zero-order valence-electron chi connectivity index (χ0n) is 10.9. The van der Waals surface area contributed by atoms with Crippen LogP contribution in [0.15, 0.2) is 12.1 Å². The van der Waals surface area contributed by atoms with Crippen molar-refractivity contribution in [1.29, 1.82) is 0 Å². The topological polar surface area (TPSA) is 50.4 Å². The molecule has 0 aliphatic carbocycles. The Morgan fingerprint density at radius 3 is 3.11 bits per heavy atom. The molecule has 2 heterocycles. The van der Waals surface area contributed by atoms with Gasteiger partial charge in [0.2, 0.25) is 5.91 Å². The molecule has 1 aromatic heterocycles. The van der Waals surface area contributed by atoms with Crippen molar-refractivity contribution in [3.8, 4) is 0 Å². The third-order valence-electron chi connectivity index (χ3n) is 2.98. The van der Waals surface area contributed by atoms with Gasteiger partial charge in [0.05, 0.1) is 25.2 Å². The second-order valence-electron chi connectivity index (χ2n) is 4.64. The highest BCUT2D eigenvalue weighted by Crippen LogP contribution is 2.22. The maximum absolute atomic E-state index is 11.9. The van der Waals surface area contributed by atoms with E-state index < -0.39 is 0 Å². The van der Waals surface area contributed by atoms with Gasteiger partial charge in [-0.1, -0.05) is 0 Å². The molecule has 1 fully saturated rings. The molecule has 2 atom stereocenters. The zero-order chi connectivity index (χ0) is 13.0. The number of hydrogen-bond donors (Lipinski definition) is 2. The van der Waals surface area contributed by atoms with Crippen LogP contribution in [0.1, 0.15) is 29.1 Å². The highest BCUT2D eigenvalue weighted by molar-refractivity contribution is 7.12. The first-order valence-corrected chi connectivity index (χ1v) is 7.15. The van der Waals surface area contributed by atoms with Gasteiger partial charge in [-0.2, -0.15) is 0 Å². The molecular formula is C13H20N2O2S. The summed E-state index contributed by atoms with van der Waals surface area (Å²) in [6.45, 7) is 6.42. The van der Waals surface area contributed by atoms with E-state index in [-0.39, 0.29) is 18.1 Å². The molecule has 1 amide bonds. The van der Waals surface area contributed by atoms with E-state index in [1.807, 2.05) is 6.92 Å². The third kappa shape index (κ3) is 3.80. The van der Waals surface area contributed by atoms with Crippen molar-refractivity contribution in [2.24, 2.45) is 0 Å². The van der Waals surface area contributed by atoms with Gasteiger partial charge < -0.3 is 15.4 Å². The fraction of sp³-hybridized carbons (Fsp3) is 0.615. The Bertz CT molecular complexity index is 399. The van der Waals surface area contributed by atoms with Gasteiger partial charge in [-0.25, -0.2) is 0 Å². The van der Waals surface area contributed by atoms with Gasteiger partial charge in [-0.3, -0.25) is 4.79 Å². The highest BCUT2D eigenvalue weighted by atomic mass is 32.1. The Balaban J connectivity index is 1.79. The van der Waals surface area contributed by atoms with E-state index in [9.17, 15) is 4.79 Å². The summed E-state index contributed by atoms with van der Waals surface area (Å²) in [6.07, 6.45) is 0.442. The van der Waals surface area contributed by atoms with Crippen LogP contribution in [-0.2, 0) is 9.53 Å². The van der Waals surface area contributed by atoms with Gasteiger partial charge in [0.25, 0.3) is 0 Å². The van der Waals surface area contributed by atoms with Crippen molar-refractivity contribution in [1.82, 2.24) is 10.6 Å². The summed E-state index contributed by atoms with van der Waals surface area (Å²) in [5.41, 5.74) is 0. The van der Waals surface area contributed by atoms with E-state index in [2.05, 4.69) is 29.7 Å². The summed E-state index contributed by atoms with van der Waals surface area (Å²) in [5.74, 6) is 0.0576. The van der Waals surface area contributed by atoms with E-state index >= 15 is 0 Å². The largest absolute Gasteiger partial charge is 0.375 e. The van der Waals surface area contributed by atoms with Gasteiger partial charge in [-0.15, -0.1) is 11.3 Å². The molecule has 0 spiro atoms. The van der Waals surface area contributed by atoms with Crippen LogP contribution in [-0.4, -0.2) is 31.7 Å². The van der Waals surface area contributed by atoms with Crippen LogP contribution in [0, 0.1) is 6.92 Å². The zero-order valence-corrected chi connectivity index (χ0v) is 11.7. The first kappa shape index (κ1) is 13.5. The standard InChI is InChI=1S/C13H20N2O2S/c1-9-3-4-12(18-9)10(2)15-13(16)7-11-8-14-5-6-17-11/h3-4,10-11,14H,5-8H2,1-2H3,(H,15,16). The average molecular weight is 268 g/mol. The van der Waals surface area contributed by atoms with Gasteiger partial charge in [-0.05, 0) is 26.0 Å². The van der Waals surface area contributed by atoms with Crippen LogP contribution in [0.2, 0.25) is 0 Å². The summed E-state index contributed by atoms with van der Waals surface area (Å²) in [6, 6.07) is 4.23. The predicted octanol–water partition coefficient (Wildman–Crippen LogP) is 1.61. The van der Waals surface area contributed by atoms with Gasteiger partial charge >= 0.3 is 0 Å². The van der Waals surface area contributed by atoms with Crippen molar-refractivity contribution in [2.45, 2.75) is 32.4 Å². The highest BCUT2D eigenvalue weighted by Gasteiger charge is 2.19. The summed E-state index contributed by atoms with van der Waals surface area (Å²) in [4.78, 5) is 14.4. The number of ether oxygens (including phenoxy) is 1. The lowest BCUT2D eigenvalue weighted by Crippen LogP contribution is -2.41. The van der Waals surface area contributed by atoms with Crippen molar-refractivity contribution in [3.63, 3.8) is 0 Å². The maximum Gasteiger partial charge on any atom is 0.223 e. The Kier molecular flexibility index (Phi) is 4.74. The molecule has 18 heavy (non-hydrogen) atoms. The summed E-state index contributed by atoms with van der Waals surface area (Å²) in [5, 5.41) is 6.25. The Hall–Kier alpha value is -0.910. The molecule has 0 bridgehead atoms. The van der Waals surface area contributed by atoms with Gasteiger partial charge in [0.1, 0.15) is 0 Å². The molecule has 100 valence electrons. The number of amides is 1. The molecule has 1 aliphatic rings. The van der Waals surface area contributed by atoms with Crippen LogP contribution >= 0.6 is 11.3 Å². The summed E-state index contributed by atoms with van der Waals surface area (Å²) >= 11 is 1.73. The number of aryl methyl sites for hydroxylation is 1. The van der Waals surface area contributed by atoms with E-state index in [0.717, 1.165) is 13.1 Å². The third-order valence-corrected chi connectivity index (χ3v) is 4.17. The molecule has 1 aromatic rings. The Morgan fingerprint density at radius 1 is 1.67 bits per heavy atom. The normalized spacial score (nSPS) is 21.6. The van der Waals surface area contributed by atoms with E-state index in [0.29, 0.717) is 13.0 Å². The van der Waals surface area contributed by atoms with Gasteiger partial charge in [0, 0.05) is 22.8 Å². The quantitative estimate of drug-likeness (QED) is 0.872. The lowest BCUT2D eigenvalue weighted by Gasteiger charge is -2.23. The van der Waals surface area contributed by atoms with E-state index in [1.165, 1.54) is 9.75 Å². The summed E-state index contributed by atoms with van der Waals surface area (Å²) < 4.78 is 5.52. The van der Waals surface area contributed by atoms with Crippen LogP contribution in [0.4, 0.5) is 0 Å². The monoisotopic (exact) mass is 268 g/mol. The number of carbonyl (C=O) groups is 1. The molecule has 4 nitrogen and oxygen atoms in total. The maximum atomic E-state index is 11.9. The lowest BCUT2D eigenvalue weighted by molar-refractivity contribution is -0.125. The Morgan fingerprint density at radius 2 is 2.50 bits per heavy atom.